The van der Waals surface area contributed by atoms with Gasteiger partial charge in [0.25, 0.3) is 0 Å². The maximum Gasteiger partial charge on any atom is 1.00 e. The van der Waals surface area contributed by atoms with Crippen molar-refractivity contribution in [1.29, 1.82) is 0 Å². The van der Waals surface area contributed by atoms with Crippen LogP contribution in [0.4, 0.5) is 0 Å². The van der Waals surface area contributed by atoms with Gasteiger partial charge in [-0.05, 0) is 0 Å². The molecule has 24 valence electrons. The summed E-state index contributed by atoms with van der Waals surface area (Å²) < 4.78 is 0. The van der Waals surface area contributed by atoms with E-state index in [1.54, 1.807) is 0 Å². The number of hydrogen-bond donors (Lipinski definition) is 0. The average molecular weight is 170 g/mol. The standard InChI is InChI=1S/HI.Li.2H2O/h1H;;2*1H2/q;+1;;/p-1. The Morgan fingerprint density at radius 1 is 0.750 bits per heavy atom. The van der Waals surface area contributed by atoms with Crippen molar-refractivity contribution in [2.75, 3.05) is 0 Å². The summed E-state index contributed by atoms with van der Waals surface area (Å²) in [6, 6.07) is 0. The van der Waals surface area contributed by atoms with Gasteiger partial charge in [-0.15, -0.1) is 0 Å². The molecule has 0 bridgehead atoms. The van der Waals surface area contributed by atoms with Crippen LogP contribution in [0.15, 0.2) is 0 Å². The average Bonchev–Trinajstić information content (AvgIpc) is 0. The number of hydrogen-bond acceptors (Lipinski definition) is 0. The molecule has 2 nitrogen and oxygen atoms in total. The van der Waals surface area contributed by atoms with E-state index in [0.717, 1.165) is 0 Å². The van der Waals surface area contributed by atoms with Crippen molar-refractivity contribution in [3.8, 4) is 0 Å². The number of rotatable bonds is 0. The van der Waals surface area contributed by atoms with E-state index >= 15 is 0 Å². The molecule has 0 aliphatic rings. The van der Waals surface area contributed by atoms with Crippen LogP contribution in [-0.2, 0) is 0 Å². The first-order valence-corrected chi connectivity index (χ1v) is 0. The Hall–Kier alpha value is 1.25. The van der Waals surface area contributed by atoms with Crippen molar-refractivity contribution in [3.63, 3.8) is 0 Å². The molecule has 0 aromatic carbocycles. The van der Waals surface area contributed by atoms with Gasteiger partial charge >= 0.3 is 18.9 Å². The Morgan fingerprint density at radius 3 is 0.750 bits per heavy atom. The normalized spacial score (nSPS) is 0. The molecule has 4 N–H and O–H groups in total. The molecule has 0 saturated carbocycles. The van der Waals surface area contributed by atoms with Gasteiger partial charge in [0.15, 0.2) is 0 Å². The summed E-state index contributed by atoms with van der Waals surface area (Å²) in [5.41, 5.74) is 0. The van der Waals surface area contributed by atoms with Crippen LogP contribution in [0.2, 0.25) is 0 Å². The summed E-state index contributed by atoms with van der Waals surface area (Å²) in [7, 11) is 0. The van der Waals surface area contributed by atoms with E-state index in [2.05, 4.69) is 0 Å². The quantitative estimate of drug-likeness (QED) is 0.256. The van der Waals surface area contributed by atoms with Gasteiger partial charge in [0.2, 0.25) is 0 Å². The van der Waals surface area contributed by atoms with Gasteiger partial charge in [-0.1, -0.05) is 0 Å². The van der Waals surface area contributed by atoms with Gasteiger partial charge in [-0.25, -0.2) is 0 Å². The molecule has 0 atom stereocenters. The molecule has 0 aromatic heterocycles. The van der Waals surface area contributed by atoms with E-state index < -0.39 is 0 Å². The predicted molar refractivity (Wildman–Crippen MR) is 7.23 cm³/mol. The van der Waals surface area contributed by atoms with Crippen molar-refractivity contribution in [1.82, 2.24) is 0 Å². The minimum Gasteiger partial charge on any atom is -1.00 e. The SMILES string of the molecule is O.O.[I-].[Li+]. The van der Waals surface area contributed by atoms with Crippen LogP contribution < -0.4 is 42.8 Å². The monoisotopic (exact) mass is 170 g/mol. The van der Waals surface area contributed by atoms with E-state index in [0.29, 0.717) is 0 Å². The van der Waals surface area contributed by atoms with E-state index in [9.17, 15) is 0 Å². The Kier molecular flexibility index (Phi) is 438. The zero-order chi connectivity index (χ0) is 0. The van der Waals surface area contributed by atoms with Gasteiger partial charge in [0.05, 0.1) is 0 Å². The van der Waals surface area contributed by atoms with Crippen LogP contribution in [0, 0.1) is 0 Å². The molecular weight excluding hydrogens is 166 g/mol. The second-order valence-corrected chi connectivity index (χ2v) is 0. The second-order valence-electron chi connectivity index (χ2n) is 0. The van der Waals surface area contributed by atoms with Gasteiger partial charge in [-0.3, -0.25) is 0 Å². The molecule has 0 saturated heterocycles. The molecular formula is H4ILiO2. The predicted octanol–water partition coefficient (Wildman–Crippen LogP) is -7.64. The van der Waals surface area contributed by atoms with Crippen molar-refractivity contribution in [2.24, 2.45) is 0 Å². The zero-order valence-corrected chi connectivity index (χ0v) is 4.54. The smallest absolute Gasteiger partial charge is 1.00 e. The summed E-state index contributed by atoms with van der Waals surface area (Å²) in [5, 5.41) is 0. The topological polar surface area (TPSA) is 63.0 Å². The third-order valence-electron chi connectivity index (χ3n) is 0. The van der Waals surface area contributed by atoms with Crippen molar-refractivity contribution >= 4 is 0 Å². The van der Waals surface area contributed by atoms with Crippen LogP contribution in [0.25, 0.3) is 0 Å². The third-order valence-corrected chi connectivity index (χ3v) is 0. The van der Waals surface area contributed by atoms with Crippen LogP contribution in [0.1, 0.15) is 0 Å². The van der Waals surface area contributed by atoms with E-state index in [-0.39, 0.29) is 53.8 Å². The first-order chi connectivity index (χ1) is 0. The van der Waals surface area contributed by atoms with E-state index in [1.165, 1.54) is 0 Å². The van der Waals surface area contributed by atoms with Gasteiger partial charge in [0, 0.05) is 0 Å². The fourth-order valence-electron chi connectivity index (χ4n) is 0. The van der Waals surface area contributed by atoms with Gasteiger partial charge in [0.1, 0.15) is 0 Å². The Bertz CT molecular complexity index is 6.00. The molecule has 0 rings (SSSR count). The maximum absolute atomic E-state index is 0. The molecule has 0 fully saturated rings. The van der Waals surface area contributed by atoms with Crippen LogP contribution in [-0.4, -0.2) is 11.0 Å². The summed E-state index contributed by atoms with van der Waals surface area (Å²) in [6.45, 7) is 0. The summed E-state index contributed by atoms with van der Waals surface area (Å²) in [6.07, 6.45) is 0. The summed E-state index contributed by atoms with van der Waals surface area (Å²) in [4.78, 5) is 0. The van der Waals surface area contributed by atoms with Gasteiger partial charge in [-0.2, -0.15) is 0 Å². The Labute approximate surface area is 53.8 Å². The molecule has 0 radical (unpaired) electrons. The van der Waals surface area contributed by atoms with Crippen LogP contribution in [0.3, 0.4) is 0 Å². The number of halogens is 1. The zero-order valence-electron chi connectivity index (χ0n) is 2.38. The van der Waals surface area contributed by atoms with Crippen molar-refractivity contribution in [2.45, 2.75) is 0 Å². The minimum absolute atomic E-state index is 0. The minimum atomic E-state index is 0. The summed E-state index contributed by atoms with van der Waals surface area (Å²) in [5.74, 6) is 0. The molecule has 0 unspecified atom stereocenters. The molecule has 0 heterocycles. The maximum atomic E-state index is 0. The van der Waals surface area contributed by atoms with Crippen LogP contribution >= 0.6 is 0 Å². The Balaban J connectivity index is 0. The molecule has 0 aliphatic heterocycles. The van der Waals surface area contributed by atoms with Crippen LogP contribution in [0.5, 0.6) is 0 Å². The van der Waals surface area contributed by atoms with E-state index in [4.69, 9.17) is 0 Å². The first kappa shape index (κ1) is 60.8. The fraction of sp³-hybridized carbons (Fsp3) is 0. The van der Waals surface area contributed by atoms with Crippen molar-refractivity contribution < 1.29 is 53.8 Å². The summed E-state index contributed by atoms with van der Waals surface area (Å²) >= 11 is 0. The molecule has 0 amide bonds. The molecule has 4 heavy (non-hydrogen) atoms. The molecule has 0 spiro atoms. The van der Waals surface area contributed by atoms with E-state index in [1.807, 2.05) is 0 Å². The first-order valence-electron chi connectivity index (χ1n) is 0. The molecule has 0 aliphatic carbocycles. The molecule has 4 heteroatoms. The largest absolute Gasteiger partial charge is 1.00 e. The fourth-order valence-corrected chi connectivity index (χ4v) is 0. The molecule has 0 aromatic rings. The van der Waals surface area contributed by atoms with Gasteiger partial charge < -0.3 is 34.9 Å². The third kappa shape index (κ3) is 10.5. The van der Waals surface area contributed by atoms with Crippen molar-refractivity contribution in [3.05, 3.63) is 0 Å². The second kappa shape index (κ2) is 28.8. The Morgan fingerprint density at radius 2 is 0.750 bits per heavy atom.